The highest BCUT2D eigenvalue weighted by molar-refractivity contribution is 6.33. The molecule has 1 amide bonds. The Morgan fingerprint density at radius 3 is 2.64 bits per heavy atom. The van der Waals surface area contributed by atoms with E-state index < -0.39 is 0 Å². The van der Waals surface area contributed by atoms with Crippen LogP contribution in [-0.4, -0.2) is 48.6 Å². The summed E-state index contributed by atoms with van der Waals surface area (Å²) in [6, 6.07) is 3.12. The largest absolute Gasteiger partial charge is 0.496 e. The third-order valence-electron chi connectivity index (χ3n) is 4.76. The lowest BCUT2D eigenvalue weighted by Crippen LogP contribution is -2.60. The molecule has 1 aromatic rings. The minimum Gasteiger partial charge on any atom is -0.496 e. The van der Waals surface area contributed by atoms with E-state index in [1.807, 2.05) is 0 Å². The average Bonchev–Trinajstić information content (AvgIpc) is 2.56. The van der Waals surface area contributed by atoms with Gasteiger partial charge in [-0.2, -0.15) is 0 Å². The Morgan fingerprint density at radius 1 is 1.41 bits per heavy atom. The number of hydrogen-bond donors (Lipinski definition) is 2. The van der Waals surface area contributed by atoms with Crippen LogP contribution in [0.1, 0.15) is 23.2 Å². The highest BCUT2D eigenvalue weighted by atomic mass is 35.5. The molecule has 4 N–H and O–H groups in total. The number of nitrogen functional groups attached to an aromatic ring is 1. The first-order valence-corrected chi connectivity index (χ1v) is 7.82. The van der Waals surface area contributed by atoms with Crippen molar-refractivity contribution in [2.75, 3.05) is 32.5 Å². The molecule has 0 spiro atoms. The Kier molecular flexibility index (Phi) is 4.16. The molecule has 3 aliphatic heterocycles. The number of fused-ring (bicyclic) bond motifs is 3. The predicted octanol–water partition coefficient (Wildman–Crippen LogP) is 1.34. The fourth-order valence-corrected chi connectivity index (χ4v) is 3.61. The summed E-state index contributed by atoms with van der Waals surface area (Å²) < 4.78 is 5.25. The Bertz CT molecular complexity index is 587. The first kappa shape index (κ1) is 15.4. The molecule has 0 radical (unpaired) electrons. The highest BCUT2D eigenvalue weighted by Crippen LogP contribution is 2.33. The van der Waals surface area contributed by atoms with Crippen molar-refractivity contribution in [1.82, 2.24) is 9.91 Å². The molecule has 7 heteroatoms. The van der Waals surface area contributed by atoms with Crippen LogP contribution in [0.15, 0.2) is 12.1 Å². The van der Waals surface area contributed by atoms with Gasteiger partial charge < -0.3 is 15.4 Å². The van der Waals surface area contributed by atoms with Crippen molar-refractivity contribution in [3.63, 3.8) is 0 Å². The number of piperidine rings is 3. The summed E-state index contributed by atoms with van der Waals surface area (Å²) >= 11 is 6.04. The molecule has 1 unspecified atom stereocenters. The van der Waals surface area contributed by atoms with Crippen LogP contribution in [0.5, 0.6) is 5.75 Å². The van der Waals surface area contributed by atoms with Gasteiger partial charge in [0.25, 0.3) is 5.91 Å². The summed E-state index contributed by atoms with van der Waals surface area (Å²) in [6.07, 6.45) is 2.18. The molecule has 0 saturated carbocycles. The molecule has 2 bridgehead atoms. The molecule has 3 fully saturated rings. The van der Waals surface area contributed by atoms with Crippen molar-refractivity contribution in [3.8, 4) is 5.75 Å². The van der Waals surface area contributed by atoms with Gasteiger partial charge in [-0.3, -0.25) is 9.80 Å². The lowest BCUT2D eigenvalue weighted by atomic mass is 9.83. The van der Waals surface area contributed by atoms with E-state index >= 15 is 0 Å². The van der Waals surface area contributed by atoms with Crippen LogP contribution < -0.4 is 16.3 Å². The maximum absolute atomic E-state index is 12.8. The monoisotopic (exact) mass is 324 g/mol. The van der Waals surface area contributed by atoms with Crippen molar-refractivity contribution in [2.24, 2.45) is 11.8 Å². The van der Waals surface area contributed by atoms with Gasteiger partial charge in [-0.05, 0) is 37.9 Å². The number of carbonyl (C=O) groups is 1. The topological polar surface area (TPSA) is 84.8 Å². The fourth-order valence-electron chi connectivity index (χ4n) is 3.44. The SMILES string of the molecule is COc1cc(N)c(Cl)cc1C(=O)N(N)C1CN2CCC1CC2. The zero-order valence-corrected chi connectivity index (χ0v) is 13.3. The quantitative estimate of drug-likeness (QED) is 0.379. The second kappa shape index (κ2) is 5.95. The third kappa shape index (κ3) is 2.62. The zero-order chi connectivity index (χ0) is 15.9. The fraction of sp³-hybridized carbons (Fsp3) is 0.533. The van der Waals surface area contributed by atoms with Crippen molar-refractivity contribution < 1.29 is 9.53 Å². The van der Waals surface area contributed by atoms with Gasteiger partial charge in [-0.15, -0.1) is 0 Å². The maximum atomic E-state index is 12.8. The molecule has 3 saturated heterocycles. The number of benzene rings is 1. The van der Waals surface area contributed by atoms with Gasteiger partial charge in [0.05, 0.1) is 29.4 Å². The molecule has 0 aliphatic carbocycles. The smallest absolute Gasteiger partial charge is 0.271 e. The molecule has 3 aliphatic rings. The van der Waals surface area contributed by atoms with E-state index in [1.54, 1.807) is 6.07 Å². The van der Waals surface area contributed by atoms with Crippen LogP contribution in [0.3, 0.4) is 0 Å². The van der Waals surface area contributed by atoms with Crippen molar-refractivity contribution in [1.29, 1.82) is 0 Å². The van der Waals surface area contributed by atoms with E-state index in [-0.39, 0.29) is 11.9 Å². The Hall–Kier alpha value is -1.50. The van der Waals surface area contributed by atoms with E-state index in [1.165, 1.54) is 18.2 Å². The summed E-state index contributed by atoms with van der Waals surface area (Å²) in [5.74, 6) is 6.73. The molecule has 6 nitrogen and oxygen atoms in total. The molecule has 4 rings (SSSR count). The third-order valence-corrected chi connectivity index (χ3v) is 5.09. The maximum Gasteiger partial charge on any atom is 0.271 e. The van der Waals surface area contributed by atoms with Gasteiger partial charge in [0, 0.05) is 12.6 Å². The number of halogens is 1. The number of rotatable bonds is 3. The first-order chi connectivity index (χ1) is 10.5. The summed E-state index contributed by atoms with van der Waals surface area (Å²) in [4.78, 5) is 15.1. The zero-order valence-electron chi connectivity index (χ0n) is 12.6. The van der Waals surface area contributed by atoms with Crippen LogP contribution in [0, 0.1) is 5.92 Å². The summed E-state index contributed by atoms with van der Waals surface area (Å²) in [5.41, 5.74) is 6.48. The van der Waals surface area contributed by atoms with E-state index in [9.17, 15) is 4.79 Å². The second-order valence-corrected chi connectivity index (χ2v) is 6.40. The number of hydrogen-bond acceptors (Lipinski definition) is 5. The standard InChI is InChI=1S/C15H21ClN4O2/c1-22-14-7-12(17)11(16)6-10(14)15(21)20(18)13-8-19-4-2-9(13)3-5-19/h6-7,9,13H,2-5,8,17-18H2,1H3. The lowest BCUT2D eigenvalue weighted by Gasteiger charge is -2.47. The van der Waals surface area contributed by atoms with Gasteiger partial charge in [-0.25, -0.2) is 5.84 Å². The van der Waals surface area contributed by atoms with Crippen molar-refractivity contribution in [3.05, 3.63) is 22.7 Å². The minimum atomic E-state index is -0.280. The van der Waals surface area contributed by atoms with Gasteiger partial charge in [0.15, 0.2) is 0 Å². The van der Waals surface area contributed by atoms with Gasteiger partial charge in [0.1, 0.15) is 5.75 Å². The summed E-state index contributed by atoms with van der Waals surface area (Å²) in [7, 11) is 1.49. The molecular formula is C15H21ClN4O2. The Morgan fingerprint density at radius 2 is 2.09 bits per heavy atom. The van der Waals surface area contributed by atoms with Gasteiger partial charge >= 0.3 is 0 Å². The minimum absolute atomic E-state index is 0.0380. The highest BCUT2D eigenvalue weighted by Gasteiger charge is 2.39. The number of nitrogens with zero attached hydrogens (tertiary/aromatic N) is 2. The van der Waals surface area contributed by atoms with Crippen LogP contribution in [0.4, 0.5) is 5.69 Å². The van der Waals surface area contributed by atoms with Crippen molar-refractivity contribution >= 4 is 23.2 Å². The predicted molar refractivity (Wildman–Crippen MR) is 85.7 cm³/mol. The first-order valence-electron chi connectivity index (χ1n) is 7.45. The van der Waals surface area contributed by atoms with E-state index in [4.69, 9.17) is 27.9 Å². The number of anilines is 1. The molecule has 0 aromatic heterocycles. The molecule has 120 valence electrons. The summed E-state index contributed by atoms with van der Waals surface area (Å²) in [6.45, 7) is 3.03. The molecule has 22 heavy (non-hydrogen) atoms. The van der Waals surface area contributed by atoms with Crippen LogP contribution in [-0.2, 0) is 0 Å². The lowest BCUT2D eigenvalue weighted by molar-refractivity contribution is 0.00696. The number of carbonyl (C=O) groups excluding carboxylic acids is 1. The van der Waals surface area contributed by atoms with Gasteiger partial charge in [0.2, 0.25) is 0 Å². The molecular weight excluding hydrogens is 304 g/mol. The van der Waals surface area contributed by atoms with Crippen LogP contribution >= 0.6 is 11.6 Å². The normalized spacial score (nSPS) is 26.8. The van der Waals surface area contributed by atoms with Crippen LogP contribution in [0.25, 0.3) is 0 Å². The number of amides is 1. The van der Waals surface area contributed by atoms with E-state index in [0.29, 0.717) is 27.9 Å². The van der Waals surface area contributed by atoms with Gasteiger partial charge in [-0.1, -0.05) is 11.6 Å². The average molecular weight is 325 g/mol. The molecule has 1 atom stereocenters. The number of ether oxygens (including phenoxy) is 1. The number of methoxy groups -OCH3 is 1. The van der Waals surface area contributed by atoms with E-state index in [0.717, 1.165) is 32.5 Å². The molecule has 1 aromatic carbocycles. The van der Waals surface area contributed by atoms with E-state index in [2.05, 4.69) is 4.90 Å². The number of nitrogens with two attached hydrogens (primary N) is 2. The van der Waals surface area contributed by atoms with Crippen LogP contribution in [0.2, 0.25) is 5.02 Å². The molecule has 3 heterocycles. The Balaban J connectivity index is 1.86. The second-order valence-electron chi connectivity index (χ2n) is 5.99. The summed E-state index contributed by atoms with van der Waals surface area (Å²) in [5, 5.41) is 1.67. The number of hydrazine groups is 1. The van der Waals surface area contributed by atoms with Crippen molar-refractivity contribution in [2.45, 2.75) is 18.9 Å². The Labute approximate surface area is 134 Å².